The van der Waals surface area contributed by atoms with E-state index in [1.165, 1.54) is 11.7 Å². The molecule has 2 amide bonds. The molecule has 0 aliphatic carbocycles. The molecule has 10 nitrogen and oxygen atoms in total. The Balaban J connectivity index is 1.75. The van der Waals surface area contributed by atoms with Crippen LogP contribution in [0.15, 0.2) is 58.8 Å². The van der Waals surface area contributed by atoms with Gasteiger partial charge in [0, 0.05) is 5.39 Å². The monoisotopic (exact) mass is 438 g/mol. The molecule has 0 saturated carbocycles. The van der Waals surface area contributed by atoms with Gasteiger partial charge in [0.2, 0.25) is 5.88 Å². The minimum absolute atomic E-state index is 0.0364. The number of hydrogen-bond acceptors (Lipinski definition) is 7. The lowest BCUT2D eigenvalue weighted by Gasteiger charge is -2.07. The van der Waals surface area contributed by atoms with Crippen molar-refractivity contribution in [1.29, 1.82) is 0 Å². The summed E-state index contributed by atoms with van der Waals surface area (Å²) in [6, 6.07) is 13.4. The number of fused-ring (bicyclic) bond motifs is 1. The largest absolute Gasteiger partial charge is 0.496 e. The number of benzene rings is 2. The average Bonchev–Trinajstić information content (AvgIpc) is 3.07. The van der Waals surface area contributed by atoms with Gasteiger partial charge < -0.3 is 19.9 Å². The second kappa shape index (κ2) is 10.2. The van der Waals surface area contributed by atoms with Crippen LogP contribution in [0.5, 0.6) is 11.6 Å². The minimum Gasteiger partial charge on any atom is -0.496 e. The second-order valence-corrected chi connectivity index (χ2v) is 6.56. The first-order chi connectivity index (χ1) is 15.5. The highest BCUT2D eigenvalue weighted by Crippen LogP contribution is 2.38. The molecule has 0 fully saturated rings. The van der Waals surface area contributed by atoms with E-state index in [1.807, 2.05) is 0 Å². The number of carbonyl (C=O) groups is 3. The summed E-state index contributed by atoms with van der Waals surface area (Å²) in [5.74, 6) is -1.70. The van der Waals surface area contributed by atoms with E-state index in [0.29, 0.717) is 16.7 Å². The number of carbonyl (C=O) groups excluding carboxylic acids is 3. The number of para-hydroxylation sites is 2. The zero-order chi connectivity index (χ0) is 23.1. The van der Waals surface area contributed by atoms with Crippen LogP contribution in [0.3, 0.4) is 0 Å². The molecule has 10 heteroatoms. The molecule has 3 aromatic rings. The number of nitrogens with one attached hydrogen (secondary N) is 1. The highest BCUT2D eigenvalue weighted by molar-refractivity contribution is 5.99. The first-order valence-electron chi connectivity index (χ1n) is 9.77. The average molecular weight is 438 g/mol. The summed E-state index contributed by atoms with van der Waals surface area (Å²) in [4.78, 5) is 36.3. The van der Waals surface area contributed by atoms with Crippen molar-refractivity contribution in [3.05, 3.63) is 54.1 Å². The maximum absolute atomic E-state index is 12.3. The number of aromatic hydroxyl groups is 1. The lowest BCUT2D eigenvalue weighted by Crippen LogP contribution is -2.28. The molecule has 0 spiro atoms. The molecule has 2 aromatic carbocycles. The highest BCUT2D eigenvalue weighted by atomic mass is 16.5. The normalized spacial score (nSPS) is 10.9. The molecule has 0 atom stereocenters. The summed E-state index contributed by atoms with van der Waals surface area (Å²) >= 11 is 0. The second-order valence-electron chi connectivity index (χ2n) is 6.56. The Morgan fingerprint density at radius 2 is 1.81 bits per heavy atom. The molecule has 32 heavy (non-hydrogen) atoms. The Kier molecular flexibility index (Phi) is 7.17. The summed E-state index contributed by atoms with van der Waals surface area (Å²) in [7, 11) is 1.44. The van der Waals surface area contributed by atoms with Gasteiger partial charge in [-0.2, -0.15) is 0 Å². The van der Waals surface area contributed by atoms with Crippen LogP contribution in [0.4, 0.5) is 5.69 Å². The molecule has 0 saturated heterocycles. The summed E-state index contributed by atoms with van der Waals surface area (Å²) < 4.78 is 11.4. The summed E-state index contributed by atoms with van der Waals surface area (Å²) in [6.45, 7) is 1.27. The number of azo groups is 1. The Labute approximate surface area is 183 Å². The van der Waals surface area contributed by atoms with E-state index < -0.39 is 24.3 Å². The van der Waals surface area contributed by atoms with Crippen LogP contribution in [0.1, 0.15) is 17.3 Å². The zero-order valence-corrected chi connectivity index (χ0v) is 17.6. The number of esters is 1. The van der Waals surface area contributed by atoms with Gasteiger partial charge in [-0.25, -0.2) is 0 Å². The molecular weight excluding hydrogens is 416 g/mol. The van der Waals surface area contributed by atoms with E-state index >= 15 is 0 Å². The smallest absolute Gasteiger partial charge is 0.326 e. The minimum atomic E-state index is -0.727. The van der Waals surface area contributed by atoms with Crippen molar-refractivity contribution in [2.24, 2.45) is 10.2 Å². The van der Waals surface area contributed by atoms with Crippen molar-refractivity contribution in [3.8, 4) is 11.6 Å². The standard InChI is InChI=1S/C22H22N4O6/c1-3-32-19(28)13-26-16-10-6-4-8-14(16)20(22(26)30)25-24-18(27)12-23-21(29)15-9-5-7-11-17(15)31-2/h4-11,30H,3,12-13H2,1-2H3,(H,23,29). The topological polar surface area (TPSA) is 132 Å². The number of amides is 2. The Hall–Kier alpha value is -4.21. The molecule has 0 unspecified atom stereocenters. The molecule has 166 valence electrons. The summed E-state index contributed by atoms with van der Waals surface area (Å²) in [5.41, 5.74) is 0.845. The van der Waals surface area contributed by atoms with Gasteiger partial charge in [0.1, 0.15) is 18.8 Å². The summed E-state index contributed by atoms with van der Waals surface area (Å²) in [6.07, 6.45) is 0. The van der Waals surface area contributed by atoms with Gasteiger partial charge in [-0.15, -0.1) is 10.2 Å². The molecule has 0 bridgehead atoms. The maximum Gasteiger partial charge on any atom is 0.326 e. The SMILES string of the molecule is CCOC(=O)Cn1c(O)c(N=NC(=O)CNC(=O)c2ccccc2OC)c2ccccc21. The van der Waals surface area contributed by atoms with Crippen molar-refractivity contribution in [2.45, 2.75) is 13.5 Å². The van der Waals surface area contributed by atoms with Crippen LogP contribution in [0.2, 0.25) is 0 Å². The zero-order valence-electron chi connectivity index (χ0n) is 17.6. The van der Waals surface area contributed by atoms with Crippen LogP contribution in [-0.2, 0) is 20.9 Å². The highest BCUT2D eigenvalue weighted by Gasteiger charge is 2.19. The van der Waals surface area contributed by atoms with Crippen LogP contribution in [0.25, 0.3) is 10.9 Å². The lowest BCUT2D eigenvalue weighted by molar-refractivity contribution is -0.143. The lowest BCUT2D eigenvalue weighted by atomic mass is 10.2. The van der Waals surface area contributed by atoms with Gasteiger partial charge in [-0.05, 0) is 25.1 Å². The van der Waals surface area contributed by atoms with Crippen LogP contribution < -0.4 is 10.1 Å². The first-order valence-corrected chi connectivity index (χ1v) is 9.77. The Morgan fingerprint density at radius 1 is 1.09 bits per heavy atom. The molecular formula is C22H22N4O6. The van der Waals surface area contributed by atoms with Gasteiger partial charge in [-0.3, -0.25) is 19.0 Å². The predicted octanol–water partition coefficient (Wildman–Crippen LogP) is 2.96. The summed E-state index contributed by atoms with van der Waals surface area (Å²) in [5, 5.41) is 21.0. The molecule has 1 heterocycles. The molecule has 3 rings (SSSR count). The van der Waals surface area contributed by atoms with E-state index in [9.17, 15) is 19.5 Å². The number of aromatic nitrogens is 1. The predicted molar refractivity (Wildman–Crippen MR) is 115 cm³/mol. The molecule has 0 radical (unpaired) electrons. The van der Waals surface area contributed by atoms with E-state index in [1.54, 1.807) is 55.5 Å². The molecule has 0 aliphatic rings. The van der Waals surface area contributed by atoms with Crippen molar-refractivity contribution in [3.63, 3.8) is 0 Å². The third-order valence-electron chi connectivity index (χ3n) is 4.52. The van der Waals surface area contributed by atoms with E-state index in [2.05, 4.69) is 15.5 Å². The van der Waals surface area contributed by atoms with Crippen molar-refractivity contribution in [1.82, 2.24) is 9.88 Å². The van der Waals surface area contributed by atoms with Crippen LogP contribution >= 0.6 is 0 Å². The van der Waals surface area contributed by atoms with E-state index in [4.69, 9.17) is 9.47 Å². The van der Waals surface area contributed by atoms with Gasteiger partial charge >= 0.3 is 5.97 Å². The third kappa shape index (κ3) is 4.91. The first kappa shape index (κ1) is 22.5. The van der Waals surface area contributed by atoms with Crippen LogP contribution in [-0.4, -0.2) is 47.7 Å². The number of nitrogens with zero attached hydrogens (tertiary/aromatic N) is 3. The Morgan fingerprint density at radius 3 is 2.56 bits per heavy atom. The molecule has 2 N–H and O–H groups in total. The number of rotatable bonds is 8. The maximum atomic E-state index is 12.3. The molecule has 1 aromatic heterocycles. The quantitative estimate of drug-likeness (QED) is 0.411. The third-order valence-corrected chi connectivity index (χ3v) is 4.52. The number of methoxy groups -OCH3 is 1. The van der Waals surface area contributed by atoms with Crippen molar-refractivity contribution in [2.75, 3.05) is 20.3 Å². The van der Waals surface area contributed by atoms with Crippen molar-refractivity contribution >= 4 is 34.4 Å². The molecule has 0 aliphatic heterocycles. The fourth-order valence-corrected chi connectivity index (χ4v) is 3.09. The fourth-order valence-electron chi connectivity index (χ4n) is 3.09. The van der Waals surface area contributed by atoms with Gasteiger partial charge in [0.15, 0.2) is 5.69 Å². The number of ether oxygens (including phenoxy) is 2. The number of hydrogen-bond donors (Lipinski definition) is 2. The van der Waals surface area contributed by atoms with E-state index in [0.717, 1.165) is 0 Å². The van der Waals surface area contributed by atoms with Crippen molar-refractivity contribution < 1.29 is 29.0 Å². The van der Waals surface area contributed by atoms with Gasteiger partial charge in [0.05, 0.1) is 24.8 Å². The van der Waals surface area contributed by atoms with Crippen LogP contribution in [0, 0.1) is 0 Å². The van der Waals surface area contributed by atoms with Gasteiger partial charge in [-0.1, -0.05) is 30.3 Å². The van der Waals surface area contributed by atoms with E-state index in [-0.39, 0.29) is 30.3 Å². The van der Waals surface area contributed by atoms with Gasteiger partial charge in [0.25, 0.3) is 11.8 Å². The Bertz CT molecular complexity index is 1180. The fraction of sp³-hybridized carbons (Fsp3) is 0.227.